The van der Waals surface area contributed by atoms with E-state index in [-0.39, 0.29) is 72.7 Å². The van der Waals surface area contributed by atoms with Crippen molar-refractivity contribution in [2.24, 2.45) is 0 Å². The van der Waals surface area contributed by atoms with Gasteiger partial charge in [0.25, 0.3) is 0 Å². The number of carbonyl (C=O) groups excluding carboxylic acids is 2. The molecule has 4 aromatic heterocycles. The van der Waals surface area contributed by atoms with Crippen LogP contribution in [0, 0.1) is 0 Å². The van der Waals surface area contributed by atoms with E-state index in [2.05, 4.69) is 20.6 Å². The summed E-state index contributed by atoms with van der Waals surface area (Å²) in [5.74, 6) is -2.45. The van der Waals surface area contributed by atoms with Crippen molar-refractivity contribution in [2.45, 2.75) is 88.8 Å². The second-order valence-corrected chi connectivity index (χ2v) is 24.6. The molecule has 420 valence electrons. The zero-order chi connectivity index (χ0) is 57.7. The molecule has 80 heavy (non-hydrogen) atoms. The number of sulfone groups is 2. The molecule has 8 aromatic rings. The van der Waals surface area contributed by atoms with E-state index in [1.165, 1.54) is 38.1 Å². The summed E-state index contributed by atoms with van der Waals surface area (Å²) in [6.07, 6.45) is -6.11. The topological polar surface area (TPSA) is 247 Å². The van der Waals surface area contributed by atoms with E-state index in [1.54, 1.807) is 72.8 Å². The quantitative estimate of drug-likeness (QED) is 0.0854. The smallest absolute Gasteiger partial charge is 0.378 e. The van der Waals surface area contributed by atoms with E-state index >= 15 is 0 Å². The minimum absolute atomic E-state index is 0.0950. The second kappa shape index (κ2) is 21.5. The molecule has 10 rings (SSSR count). The Balaban J connectivity index is 0.000000194. The fraction of sp³-hybridized carbons (Fsp3) is 0.321. The average molecular weight is 1150 g/mol. The van der Waals surface area contributed by atoms with Crippen LogP contribution in [0.5, 0.6) is 0 Å². The fourth-order valence-electron chi connectivity index (χ4n) is 9.85. The fourth-order valence-corrected chi connectivity index (χ4v) is 11.2. The molecule has 0 radical (unpaired) electrons. The lowest BCUT2D eigenvalue weighted by Gasteiger charge is -2.25. The molecule has 0 amide bonds. The summed E-state index contributed by atoms with van der Waals surface area (Å²) in [7, 11) is -6.47. The monoisotopic (exact) mass is 1150 g/mol. The van der Waals surface area contributed by atoms with Gasteiger partial charge in [0.2, 0.25) is 0 Å². The van der Waals surface area contributed by atoms with Crippen molar-refractivity contribution in [3.63, 3.8) is 0 Å². The van der Waals surface area contributed by atoms with Crippen molar-refractivity contribution in [1.82, 2.24) is 20.6 Å². The van der Waals surface area contributed by atoms with Crippen LogP contribution in [0.4, 0.5) is 26.3 Å². The summed E-state index contributed by atoms with van der Waals surface area (Å²) in [6, 6.07) is 25.4. The van der Waals surface area contributed by atoms with Gasteiger partial charge in [-0.05, 0) is 74.6 Å². The minimum Gasteiger partial charge on any atom is -0.378 e. The number of ketones is 2. The average Bonchev–Trinajstić information content (AvgIpc) is 4.37. The van der Waals surface area contributed by atoms with Crippen LogP contribution < -0.4 is 0 Å². The molecule has 0 bridgehead atoms. The maximum atomic E-state index is 14.2. The molecule has 16 nitrogen and oxygen atoms in total. The molecule has 0 fully saturated rings. The summed E-state index contributed by atoms with van der Waals surface area (Å²) in [6.45, 7) is 2.71. The Kier molecular flexibility index (Phi) is 15.4. The predicted molar refractivity (Wildman–Crippen MR) is 278 cm³/mol. The lowest BCUT2D eigenvalue weighted by molar-refractivity contribution is -0.137. The summed E-state index contributed by atoms with van der Waals surface area (Å²) in [5, 5.41) is 37.5. The van der Waals surface area contributed by atoms with Gasteiger partial charge in [0, 0.05) is 58.7 Å². The predicted octanol–water partition coefficient (Wildman–Crippen LogP) is 10.8. The van der Waals surface area contributed by atoms with Gasteiger partial charge in [-0.25, -0.2) is 16.8 Å². The largest absolute Gasteiger partial charge is 0.422 e. The number of aryl methyl sites for hydroxylation is 2. The summed E-state index contributed by atoms with van der Waals surface area (Å²) >= 11 is 0. The van der Waals surface area contributed by atoms with Crippen LogP contribution in [0.1, 0.15) is 84.0 Å². The Morgan fingerprint density at radius 3 is 1.18 bits per heavy atom. The van der Waals surface area contributed by atoms with Gasteiger partial charge in [-0.1, -0.05) is 118 Å². The Morgan fingerprint density at radius 1 is 0.500 bits per heavy atom. The summed E-state index contributed by atoms with van der Waals surface area (Å²) in [4.78, 5) is 25.4. The number of hydrogen-bond acceptors (Lipinski definition) is 16. The van der Waals surface area contributed by atoms with Crippen LogP contribution in [0.2, 0.25) is 0 Å². The first kappa shape index (κ1) is 57.2. The molecule has 0 spiro atoms. The Hall–Kier alpha value is -7.54. The van der Waals surface area contributed by atoms with Gasteiger partial charge in [0.15, 0.2) is 46.0 Å². The number of benzene rings is 4. The van der Waals surface area contributed by atoms with Crippen LogP contribution in [0.25, 0.3) is 68.1 Å². The molecule has 0 saturated carbocycles. The van der Waals surface area contributed by atoms with Gasteiger partial charge in [0.1, 0.15) is 53.4 Å². The Labute approximate surface area is 453 Å². The first-order valence-corrected chi connectivity index (χ1v) is 29.0. The number of carbonyl (C=O) groups is 2. The molecule has 4 aromatic carbocycles. The number of hydrogen-bond donors (Lipinski definition) is 2. The Morgan fingerprint density at radius 2 is 0.838 bits per heavy atom. The van der Waals surface area contributed by atoms with E-state index in [1.807, 2.05) is 0 Å². The van der Waals surface area contributed by atoms with Crippen LogP contribution in [-0.2, 0) is 78.5 Å². The van der Waals surface area contributed by atoms with Crippen molar-refractivity contribution < 1.29 is 81.1 Å². The van der Waals surface area contributed by atoms with Crippen LogP contribution >= 0.6 is 0 Å². The molecule has 2 N–H and O–H groups in total. The van der Waals surface area contributed by atoms with Gasteiger partial charge in [-0.15, -0.1) is 0 Å². The van der Waals surface area contributed by atoms with Gasteiger partial charge in [-0.2, -0.15) is 26.3 Å². The van der Waals surface area contributed by atoms with Gasteiger partial charge >= 0.3 is 12.4 Å². The summed E-state index contributed by atoms with van der Waals surface area (Å²) in [5.41, 5.74) is -1.43. The van der Waals surface area contributed by atoms with Crippen molar-refractivity contribution in [2.75, 3.05) is 24.0 Å². The third-order valence-electron chi connectivity index (χ3n) is 14.1. The molecule has 0 saturated heterocycles. The van der Waals surface area contributed by atoms with Crippen molar-refractivity contribution in [3.05, 3.63) is 142 Å². The molecule has 2 aliphatic carbocycles. The third kappa shape index (κ3) is 11.7. The lowest BCUT2D eigenvalue weighted by Crippen LogP contribution is -2.32. The maximum Gasteiger partial charge on any atom is 0.422 e. The van der Waals surface area contributed by atoms with Crippen LogP contribution in [0.3, 0.4) is 0 Å². The van der Waals surface area contributed by atoms with Gasteiger partial charge < -0.3 is 28.3 Å². The highest BCUT2D eigenvalue weighted by atomic mass is 32.2. The van der Waals surface area contributed by atoms with Crippen LogP contribution in [-0.4, -0.2) is 83.3 Å². The number of alkyl halides is 6. The number of fused-ring (bicyclic) bond motifs is 6. The SMILES string of the molecule is C[C@@](O)(C(=O)CCCS(C)(=O)=O)c1ccc2c(c1)CCc1c-2noc1-c1noc(-c2ccccc2)c1C(F)(F)F.C[C@](O)(C(=O)CCCS(C)(=O)=O)c1ccc2c(c1)CCc1c-2noc1-c1noc(-c2ccccc2)c1C(F)(F)F. The van der Waals surface area contributed by atoms with Crippen molar-refractivity contribution in [1.29, 1.82) is 0 Å². The number of aliphatic hydroxyl groups is 2. The molecule has 2 atom stereocenters. The first-order chi connectivity index (χ1) is 37.5. The van der Waals surface area contributed by atoms with E-state index in [0.717, 1.165) is 23.6 Å². The number of rotatable bonds is 16. The third-order valence-corrected chi connectivity index (χ3v) is 16.1. The zero-order valence-electron chi connectivity index (χ0n) is 43.2. The highest BCUT2D eigenvalue weighted by molar-refractivity contribution is 7.90. The standard InChI is InChI=1S/2C28H25F3N2O6S/c2*1-27(35,21(34)9-6-14-40(2,36)37)18-11-13-19-17(15-18)10-12-20-23(19)32-39-26(20)24-22(28(29,30)31)25(38-33-24)16-7-4-3-5-8-16/h2*3-5,7-8,11,13,15,35H,6,9-10,12,14H2,1-2H3/t2*27-/m10/s1. The number of Topliss-reactive ketones (excluding diaryl/α,β-unsaturated/α-hetero) is 2. The van der Waals surface area contributed by atoms with Crippen LogP contribution in [0.15, 0.2) is 115 Å². The molecule has 4 heterocycles. The molecular weight excluding hydrogens is 1100 g/mol. The maximum absolute atomic E-state index is 14.2. The number of nitrogens with zero attached hydrogens (tertiary/aromatic N) is 4. The molecule has 2 aliphatic rings. The summed E-state index contributed by atoms with van der Waals surface area (Å²) < 4.78 is 152. The highest BCUT2D eigenvalue weighted by Crippen LogP contribution is 2.49. The van der Waals surface area contributed by atoms with E-state index in [4.69, 9.17) is 18.1 Å². The lowest BCUT2D eigenvalue weighted by atomic mass is 9.83. The first-order valence-electron chi connectivity index (χ1n) is 24.9. The molecule has 0 unspecified atom stereocenters. The Bertz CT molecular complexity index is 3630. The van der Waals surface area contributed by atoms with Crippen molar-refractivity contribution >= 4 is 31.2 Å². The van der Waals surface area contributed by atoms with Gasteiger partial charge in [0.05, 0.1) is 11.5 Å². The zero-order valence-corrected chi connectivity index (χ0v) is 44.8. The van der Waals surface area contributed by atoms with E-state index in [9.17, 15) is 63.0 Å². The van der Waals surface area contributed by atoms with Gasteiger partial charge in [-0.3, -0.25) is 9.59 Å². The highest BCUT2D eigenvalue weighted by Gasteiger charge is 2.45. The van der Waals surface area contributed by atoms with Crippen molar-refractivity contribution in [3.8, 4) is 68.1 Å². The number of aromatic nitrogens is 4. The van der Waals surface area contributed by atoms with E-state index < -0.39 is 88.8 Å². The second-order valence-electron chi connectivity index (χ2n) is 20.1. The normalized spacial score (nSPS) is 14.8. The molecule has 24 heteroatoms. The molecular formula is C56H50F6N4O12S2. The minimum atomic E-state index is -4.78. The molecule has 0 aliphatic heterocycles. The number of halogens is 6. The van der Waals surface area contributed by atoms with E-state index in [0.29, 0.717) is 57.6 Å².